The normalized spacial score (nSPS) is 14.9. The molecule has 2 aromatic heterocycles. The van der Waals surface area contributed by atoms with Crippen molar-refractivity contribution in [3.8, 4) is 0 Å². The third kappa shape index (κ3) is 3.17. The molecule has 0 bridgehead atoms. The number of anilines is 3. The van der Waals surface area contributed by atoms with Crippen molar-refractivity contribution >= 4 is 28.5 Å². The minimum Gasteiger partial charge on any atom is -0.378 e. The summed E-state index contributed by atoms with van der Waals surface area (Å²) in [5, 5.41) is 4.49. The molecule has 0 aliphatic carbocycles. The Morgan fingerprint density at radius 1 is 1.04 bits per heavy atom. The van der Waals surface area contributed by atoms with E-state index < -0.39 is 0 Å². The Hall–Kier alpha value is -2.60. The number of fused-ring (bicyclic) bond motifs is 1. The first kappa shape index (κ1) is 15.9. The largest absolute Gasteiger partial charge is 0.378 e. The fourth-order valence-corrected chi connectivity index (χ4v) is 3.08. The van der Waals surface area contributed by atoms with E-state index in [0.29, 0.717) is 13.2 Å². The molecular weight excluding hydrogens is 314 g/mol. The predicted octanol–water partition coefficient (Wildman–Crippen LogP) is 3.46. The van der Waals surface area contributed by atoms with Gasteiger partial charge in [-0.25, -0.2) is 0 Å². The lowest BCUT2D eigenvalue weighted by atomic mass is 10.1. The second-order valence-corrected chi connectivity index (χ2v) is 6.61. The van der Waals surface area contributed by atoms with Crippen LogP contribution in [-0.4, -0.2) is 41.3 Å². The van der Waals surface area contributed by atoms with E-state index in [9.17, 15) is 0 Å². The second-order valence-electron chi connectivity index (χ2n) is 6.61. The molecule has 3 heterocycles. The van der Waals surface area contributed by atoms with Crippen molar-refractivity contribution in [1.82, 2.24) is 15.0 Å². The van der Waals surface area contributed by atoms with E-state index in [4.69, 9.17) is 14.7 Å². The molecular formula is C19H23N5O. The third-order valence-electron chi connectivity index (χ3n) is 4.67. The highest BCUT2D eigenvalue weighted by Gasteiger charge is 2.17. The van der Waals surface area contributed by atoms with Gasteiger partial charge in [0.15, 0.2) is 0 Å². The number of hydrogen-bond donors (Lipinski definition) is 2. The number of benzene rings is 1. The molecule has 2 N–H and O–H groups in total. The molecule has 4 rings (SSSR count). The Bertz CT molecular complexity index is 912. The van der Waals surface area contributed by atoms with Gasteiger partial charge >= 0.3 is 0 Å². The fourth-order valence-electron chi connectivity index (χ4n) is 3.08. The minimum atomic E-state index is 0.713. The first-order chi connectivity index (χ1) is 12.1. The van der Waals surface area contributed by atoms with Gasteiger partial charge < -0.3 is 19.9 Å². The molecule has 0 atom stereocenters. The zero-order chi connectivity index (χ0) is 17.4. The average Bonchev–Trinajstić information content (AvgIpc) is 2.99. The van der Waals surface area contributed by atoms with Gasteiger partial charge in [-0.1, -0.05) is 6.07 Å². The van der Waals surface area contributed by atoms with E-state index in [1.165, 1.54) is 11.1 Å². The van der Waals surface area contributed by atoms with Crippen molar-refractivity contribution in [1.29, 1.82) is 0 Å². The number of hydrogen-bond acceptors (Lipinski definition) is 5. The molecule has 6 heteroatoms. The zero-order valence-electron chi connectivity index (χ0n) is 14.9. The van der Waals surface area contributed by atoms with Crippen molar-refractivity contribution in [2.75, 3.05) is 36.5 Å². The van der Waals surface area contributed by atoms with Crippen molar-refractivity contribution in [2.24, 2.45) is 0 Å². The summed E-state index contributed by atoms with van der Waals surface area (Å²) in [5.74, 6) is 1.57. The molecule has 1 aliphatic rings. The summed E-state index contributed by atoms with van der Waals surface area (Å²) in [4.78, 5) is 15.0. The minimum absolute atomic E-state index is 0.713. The number of H-pyrrole nitrogens is 1. The number of rotatable bonds is 3. The number of aryl methyl sites for hydroxylation is 3. The van der Waals surface area contributed by atoms with Gasteiger partial charge in [-0.05, 0) is 50.1 Å². The molecule has 0 saturated carbocycles. The van der Waals surface area contributed by atoms with Gasteiger partial charge in [0.2, 0.25) is 5.95 Å². The van der Waals surface area contributed by atoms with Gasteiger partial charge in [0.25, 0.3) is 0 Å². The standard InChI is InChI=1S/C19H23N5O/c1-12-4-5-15(10-13(12)2)21-18-16-11-14(3)20-17(16)22-19(23-18)24-6-8-25-9-7-24/h4-5,10-11H,6-9H2,1-3H3,(H2,20,21,22,23). The first-order valence-electron chi connectivity index (χ1n) is 8.64. The van der Waals surface area contributed by atoms with Crippen molar-refractivity contribution in [2.45, 2.75) is 20.8 Å². The number of nitrogens with one attached hydrogen (secondary N) is 2. The molecule has 1 aromatic carbocycles. The lowest BCUT2D eigenvalue weighted by molar-refractivity contribution is 0.122. The Morgan fingerprint density at radius 2 is 1.84 bits per heavy atom. The summed E-state index contributed by atoms with van der Waals surface area (Å²) >= 11 is 0. The fraction of sp³-hybridized carbons (Fsp3) is 0.368. The Kier molecular flexibility index (Phi) is 4.05. The zero-order valence-corrected chi connectivity index (χ0v) is 14.9. The van der Waals surface area contributed by atoms with E-state index in [0.717, 1.165) is 47.3 Å². The summed E-state index contributed by atoms with van der Waals surface area (Å²) in [6, 6.07) is 8.45. The summed E-state index contributed by atoms with van der Waals surface area (Å²) < 4.78 is 5.44. The summed E-state index contributed by atoms with van der Waals surface area (Å²) in [6.07, 6.45) is 0. The van der Waals surface area contributed by atoms with Crippen LogP contribution in [0, 0.1) is 20.8 Å². The lowest BCUT2D eigenvalue weighted by Gasteiger charge is -2.27. The Balaban J connectivity index is 1.76. The highest BCUT2D eigenvalue weighted by atomic mass is 16.5. The Labute approximate surface area is 147 Å². The topological polar surface area (TPSA) is 66.1 Å². The maximum Gasteiger partial charge on any atom is 0.229 e. The highest BCUT2D eigenvalue weighted by Crippen LogP contribution is 2.28. The highest BCUT2D eigenvalue weighted by molar-refractivity contribution is 5.90. The van der Waals surface area contributed by atoms with Crippen LogP contribution in [0.15, 0.2) is 24.3 Å². The van der Waals surface area contributed by atoms with Crippen LogP contribution in [0.3, 0.4) is 0 Å². The Morgan fingerprint density at radius 3 is 2.60 bits per heavy atom. The van der Waals surface area contributed by atoms with Gasteiger partial charge in [0.1, 0.15) is 11.5 Å². The molecule has 0 unspecified atom stereocenters. The quantitative estimate of drug-likeness (QED) is 0.766. The molecule has 6 nitrogen and oxygen atoms in total. The average molecular weight is 337 g/mol. The van der Waals surface area contributed by atoms with Crippen LogP contribution in [0.4, 0.5) is 17.5 Å². The first-order valence-corrected chi connectivity index (χ1v) is 8.64. The van der Waals surface area contributed by atoms with Crippen LogP contribution < -0.4 is 10.2 Å². The molecule has 0 amide bonds. The van der Waals surface area contributed by atoms with Crippen LogP contribution in [0.25, 0.3) is 11.0 Å². The maximum absolute atomic E-state index is 5.44. The van der Waals surface area contributed by atoms with Gasteiger partial charge in [-0.15, -0.1) is 0 Å². The monoisotopic (exact) mass is 337 g/mol. The molecule has 0 radical (unpaired) electrons. The third-order valence-corrected chi connectivity index (χ3v) is 4.67. The van der Waals surface area contributed by atoms with E-state index in [-0.39, 0.29) is 0 Å². The molecule has 25 heavy (non-hydrogen) atoms. The van der Waals surface area contributed by atoms with E-state index >= 15 is 0 Å². The lowest BCUT2D eigenvalue weighted by Crippen LogP contribution is -2.37. The van der Waals surface area contributed by atoms with Crippen LogP contribution >= 0.6 is 0 Å². The van der Waals surface area contributed by atoms with Gasteiger partial charge in [0.05, 0.1) is 18.6 Å². The van der Waals surface area contributed by atoms with Crippen molar-refractivity contribution in [3.63, 3.8) is 0 Å². The second kappa shape index (κ2) is 6.37. The molecule has 1 saturated heterocycles. The van der Waals surface area contributed by atoms with Gasteiger partial charge in [-0.3, -0.25) is 0 Å². The van der Waals surface area contributed by atoms with Crippen LogP contribution in [0.1, 0.15) is 16.8 Å². The molecule has 1 aliphatic heterocycles. The van der Waals surface area contributed by atoms with Crippen molar-refractivity contribution in [3.05, 3.63) is 41.1 Å². The van der Waals surface area contributed by atoms with Gasteiger partial charge in [0, 0.05) is 24.5 Å². The SMILES string of the molecule is Cc1cc2c(Nc3ccc(C)c(C)c3)nc(N3CCOCC3)nc2[nH]1. The van der Waals surface area contributed by atoms with Crippen molar-refractivity contribution < 1.29 is 4.74 Å². The van der Waals surface area contributed by atoms with Gasteiger partial charge in [-0.2, -0.15) is 9.97 Å². The number of aromatic amines is 1. The molecule has 1 fully saturated rings. The van der Waals surface area contributed by atoms with Crippen LogP contribution in [0.2, 0.25) is 0 Å². The molecule has 130 valence electrons. The number of morpholine rings is 1. The smallest absolute Gasteiger partial charge is 0.229 e. The summed E-state index contributed by atoms with van der Waals surface area (Å²) in [7, 11) is 0. The van der Waals surface area contributed by atoms with Crippen LogP contribution in [0.5, 0.6) is 0 Å². The summed E-state index contributed by atoms with van der Waals surface area (Å²) in [6.45, 7) is 9.33. The van der Waals surface area contributed by atoms with E-state index in [1.54, 1.807) is 0 Å². The molecule has 3 aromatic rings. The number of ether oxygens (including phenoxy) is 1. The van der Waals surface area contributed by atoms with Crippen LogP contribution in [-0.2, 0) is 4.74 Å². The number of nitrogens with zero attached hydrogens (tertiary/aromatic N) is 3. The molecule has 0 spiro atoms. The maximum atomic E-state index is 5.44. The van der Waals surface area contributed by atoms with E-state index in [2.05, 4.69) is 53.3 Å². The summed E-state index contributed by atoms with van der Waals surface area (Å²) in [5.41, 5.74) is 5.51. The predicted molar refractivity (Wildman–Crippen MR) is 101 cm³/mol. The van der Waals surface area contributed by atoms with E-state index in [1.807, 2.05) is 6.92 Å². The number of aromatic nitrogens is 3.